The molecule has 0 aromatic rings. The lowest BCUT2D eigenvalue weighted by Crippen LogP contribution is -2.55. The van der Waals surface area contributed by atoms with Crippen molar-refractivity contribution in [2.45, 2.75) is 57.0 Å². The van der Waals surface area contributed by atoms with E-state index in [0.29, 0.717) is 31.1 Å². The van der Waals surface area contributed by atoms with Crippen LogP contribution in [0.5, 0.6) is 0 Å². The third-order valence-electron chi connectivity index (χ3n) is 7.65. The molecule has 1 saturated carbocycles. The molecule has 4 aliphatic rings. The van der Waals surface area contributed by atoms with E-state index in [1.54, 1.807) is 4.90 Å². The topological polar surface area (TPSA) is 73.3 Å². The van der Waals surface area contributed by atoms with Crippen LogP contribution in [-0.2, 0) is 9.53 Å². The first-order valence-electron chi connectivity index (χ1n) is 10.5. The van der Waals surface area contributed by atoms with Crippen LogP contribution in [0.3, 0.4) is 0 Å². The second-order valence-electron chi connectivity index (χ2n) is 9.15. The number of esters is 1. The number of carboxylic acid groups (broad SMARTS) is 1. The van der Waals surface area contributed by atoms with Gasteiger partial charge in [-0.2, -0.15) is 0 Å². The maximum absolute atomic E-state index is 11.7. The average molecular weight is 380 g/mol. The van der Waals surface area contributed by atoms with Crippen LogP contribution in [0.25, 0.3) is 0 Å². The van der Waals surface area contributed by atoms with E-state index in [4.69, 9.17) is 4.74 Å². The number of ether oxygens (including phenoxy) is 1. The Morgan fingerprint density at radius 2 is 1.85 bits per heavy atom. The smallest absolute Gasteiger partial charge is 0.407 e. The molecule has 1 spiro atoms. The predicted octanol–water partition coefficient (Wildman–Crippen LogP) is 1.87. The van der Waals surface area contributed by atoms with Crippen LogP contribution in [-0.4, -0.2) is 90.3 Å². The molecule has 0 bridgehead atoms. The normalized spacial score (nSPS) is 35.5. The summed E-state index contributed by atoms with van der Waals surface area (Å²) in [6.45, 7) is 5.20. The Bertz CT molecular complexity index is 570. The SMILES string of the molecule is COC(=O)CN1CCCC1C1CCN(C2CC3(CCN(C(=O)O)C3)C2)CC1. The fraction of sp³-hybridized carbons (Fsp3) is 0.900. The Hall–Kier alpha value is -1.34. The summed E-state index contributed by atoms with van der Waals surface area (Å²) in [6, 6.07) is 1.19. The highest BCUT2D eigenvalue weighted by Crippen LogP contribution is 2.50. The highest BCUT2D eigenvalue weighted by Gasteiger charge is 2.51. The number of methoxy groups -OCH3 is 1. The van der Waals surface area contributed by atoms with E-state index >= 15 is 0 Å². The third kappa shape index (κ3) is 3.81. The van der Waals surface area contributed by atoms with Crippen LogP contribution in [0, 0.1) is 11.3 Å². The van der Waals surface area contributed by atoms with Crippen molar-refractivity contribution < 1.29 is 19.4 Å². The Balaban J connectivity index is 1.23. The summed E-state index contributed by atoms with van der Waals surface area (Å²) in [5, 5.41) is 9.19. The second kappa shape index (κ2) is 7.59. The van der Waals surface area contributed by atoms with Crippen molar-refractivity contribution in [3.8, 4) is 0 Å². The maximum Gasteiger partial charge on any atom is 0.407 e. The van der Waals surface area contributed by atoms with Gasteiger partial charge in [0.25, 0.3) is 0 Å². The molecular formula is C20H33N3O4. The minimum absolute atomic E-state index is 0.119. The molecule has 0 aromatic heterocycles. The summed E-state index contributed by atoms with van der Waals surface area (Å²) in [7, 11) is 1.47. The molecule has 1 amide bonds. The Labute approximate surface area is 161 Å². The number of carbonyl (C=O) groups is 2. The van der Waals surface area contributed by atoms with Gasteiger partial charge in [-0.15, -0.1) is 0 Å². The van der Waals surface area contributed by atoms with Crippen molar-refractivity contribution in [3.05, 3.63) is 0 Å². The molecular weight excluding hydrogens is 346 g/mol. The molecule has 3 aliphatic heterocycles. The van der Waals surface area contributed by atoms with Gasteiger partial charge in [0, 0.05) is 25.2 Å². The quantitative estimate of drug-likeness (QED) is 0.752. The molecule has 4 fully saturated rings. The number of hydrogen-bond donors (Lipinski definition) is 1. The van der Waals surface area contributed by atoms with Crippen molar-refractivity contribution >= 4 is 12.1 Å². The summed E-state index contributed by atoms with van der Waals surface area (Å²) in [6.07, 6.45) is 7.44. The molecule has 27 heavy (non-hydrogen) atoms. The van der Waals surface area contributed by atoms with Crippen LogP contribution in [0.4, 0.5) is 4.79 Å². The summed E-state index contributed by atoms with van der Waals surface area (Å²) in [5.41, 5.74) is 0.267. The lowest BCUT2D eigenvalue weighted by molar-refractivity contribution is -0.142. The fourth-order valence-corrected chi connectivity index (χ4v) is 6.11. The number of nitrogens with zero attached hydrogens (tertiary/aromatic N) is 3. The van der Waals surface area contributed by atoms with Gasteiger partial charge in [-0.25, -0.2) is 4.79 Å². The molecule has 1 unspecified atom stereocenters. The molecule has 1 atom stereocenters. The van der Waals surface area contributed by atoms with E-state index in [0.717, 1.165) is 32.6 Å². The Kier molecular flexibility index (Phi) is 5.34. The Morgan fingerprint density at radius 1 is 1.11 bits per heavy atom. The van der Waals surface area contributed by atoms with E-state index in [-0.39, 0.29) is 11.4 Å². The monoisotopic (exact) mass is 379 g/mol. The molecule has 152 valence electrons. The maximum atomic E-state index is 11.7. The van der Waals surface area contributed by atoms with E-state index in [1.807, 2.05) is 0 Å². The van der Waals surface area contributed by atoms with Crippen LogP contribution < -0.4 is 0 Å². The first-order chi connectivity index (χ1) is 13.0. The van der Waals surface area contributed by atoms with Gasteiger partial charge in [0.05, 0.1) is 13.7 Å². The van der Waals surface area contributed by atoms with Crippen LogP contribution >= 0.6 is 0 Å². The van der Waals surface area contributed by atoms with Gasteiger partial charge < -0.3 is 19.6 Å². The Morgan fingerprint density at radius 3 is 2.48 bits per heavy atom. The lowest BCUT2D eigenvalue weighted by atomic mass is 9.64. The molecule has 7 heteroatoms. The largest absolute Gasteiger partial charge is 0.468 e. The van der Waals surface area contributed by atoms with Crippen LogP contribution in [0.2, 0.25) is 0 Å². The van der Waals surface area contributed by atoms with Crippen molar-refractivity contribution in [2.75, 3.05) is 46.4 Å². The predicted molar refractivity (Wildman–Crippen MR) is 101 cm³/mol. The van der Waals surface area contributed by atoms with Gasteiger partial charge >= 0.3 is 12.1 Å². The minimum Gasteiger partial charge on any atom is -0.468 e. The fourth-order valence-electron chi connectivity index (χ4n) is 6.11. The van der Waals surface area contributed by atoms with Crippen molar-refractivity contribution in [1.82, 2.24) is 14.7 Å². The summed E-state index contributed by atoms with van der Waals surface area (Å²) >= 11 is 0. The summed E-state index contributed by atoms with van der Waals surface area (Å²) in [4.78, 5) is 29.4. The standard InChI is InChI=1S/C20H33N3O4/c1-27-18(24)13-22-7-2-3-17(22)15-4-8-21(9-5-15)16-11-20(12-16)6-10-23(14-20)19(25)26/h15-17H,2-14H2,1H3,(H,25,26). The van der Waals surface area contributed by atoms with Crippen LogP contribution in [0.1, 0.15) is 44.9 Å². The van der Waals surface area contributed by atoms with E-state index < -0.39 is 6.09 Å². The number of likely N-dealkylation sites (tertiary alicyclic amines) is 3. The minimum atomic E-state index is -0.760. The molecule has 7 nitrogen and oxygen atoms in total. The van der Waals surface area contributed by atoms with Crippen molar-refractivity contribution in [1.29, 1.82) is 0 Å². The van der Waals surface area contributed by atoms with Gasteiger partial charge in [0.1, 0.15) is 0 Å². The number of amides is 1. The zero-order valence-electron chi connectivity index (χ0n) is 16.4. The van der Waals surface area contributed by atoms with E-state index in [9.17, 15) is 14.7 Å². The zero-order valence-corrected chi connectivity index (χ0v) is 16.4. The lowest BCUT2D eigenvalue weighted by Gasteiger charge is -2.52. The third-order valence-corrected chi connectivity index (χ3v) is 7.65. The van der Waals surface area contributed by atoms with Gasteiger partial charge in [-0.3, -0.25) is 9.69 Å². The highest BCUT2D eigenvalue weighted by molar-refractivity contribution is 5.71. The van der Waals surface area contributed by atoms with E-state index in [1.165, 1.54) is 45.6 Å². The number of rotatable bonds is 4. The molecule has 3 heterocycles. The highest BCUT2D eigenvalue weighted by atomic mass is 16.5. The summed E-state index contributed by atoms with van der Waals surface area (Å²) in [5.74, 6) is 0.572. The molecule has 0 aromatic carbocycles. The van der Waals surface area contributed by atoms with Crippen LogP contribution in [0.15, 0.2) is 0 Å². The van der Waals surface area contributed by atoms with Gasteiger partial charge in [0.2, 0.25) is 0 Å². The van der Waals surface area contributed by atoms with Gasteiger partial charge in [-0.1, -0.05) is 0 Å². The van der Waals surface area contributed by atoms with Crippen molar-refractivity contribution in [3.63, 3.8) is 0 Å². The second-order valence-corrected chi connectivity index (χ2v) is 9.15. The number of piperidine rings is 1. The summed E-state index contributed by atoms with van der Waals surface area (Å²) < 4.78 is 4.86. The molecule has 1 N–H and O–H groups in total. The van der Waals surface area contributed by atoms with Crippen molar-refractivity contribution in [2.24, 2.45) is 11.3 Å². The first kappa shape index (κ1) is 19.0. The average Bonchev–Trinajstić information content (AvgIpc) is 3.28. The molecule has 3 saturated heterocycles. The number of carbonyl (C=O) groups excluding carboxylic acids is 1. The zero-order chi connectivity index (χ0) is 19.0. The van der Waals surface area contributed by atoms with E-state index in [2.05, 4.69) is 9.80 Å². The molecule has 4 rings (SSSR count). The molecule has 0 radical (unpaired) electrons. The first-order valence-corrected chi connectivity index (χ1v) is 10.5. The molecule has 1 aliphatic carbocycles. The van der Waals surface area contributed by atoms with Gasteiger partial charge in [0.15, 0.2) is 0 Å². The number of hydrogen-bond acceptors (Lipinski definition) is 5. The van der Waals surface area contributed by atoms with Gasteiger partial charge in [-0.05, 0) is 75.9 Å².